The van der Waals surface area contributed by atoms with Crippen molar-refractivity contribution in [1.82, 2.24) is 0 Å². The van der Waals surface area contributed by atoms with Crippen molar-refractivity contribution in [3.8, 4) is 0 Å². The maximum absolute atomic E-state index is 12.2. The van der Waals surface area contributed by atoms with Crippen LogP contribution in [0.4, 0.5) is 0 Å². The lowest BCUT2D eigenvalue weighted by Gasteiger charge is -2.15. The summed E-state index contributed by atoms with van der Waals surface area (Å²) in [5.74, 6) is -0.854. The van der Waals surface area contributed by atoms with E-state index in [0.29, 0.717) is 20.1 Å². The second kappa shape index (κ2) is 8.67. The molecular weight excluding hydrogens is 416 g/mol. The summed E-state index contributed by atoms with van der Waals surface area (Å²) in [4.78, 5) is 24.2. The lowest BCUT2D eigenvalue weighted by Crippen LogP contribution is -2.17. The largest absolute Gasteiger partial charge is 0.459 e. The molecule has 1 aromatic carbocycles. The van der Waals surface area contributed by atoms with Crippen LogP contribution in [-0.2, 0) is 9.47 Å². The molecule has 1 rings (SSSR count). The molecule has 0 aliphatic heterocycles. The first kappa shape index (κ1) is 19.2. The van der Waals surface area contributed by atoms with Gasteiger partial charge in [0.15, 0.2) is 0 Å². The van der Waals surface area contributed by atoms with Gasteiger partial charge in [-0.05, 0) is 70.7 Å². The van der Waals surface area contributed by atoms with E-state index in [1.165, 1.54) is 0 Å². The van der Waals surface area contributed by atoms with Crippen molar-refractivity contribution in [1.29, 1.82) is 0 Å². The van der Waals surface area contributed by atoms with Gasteiger partial charge in [0.05, 0.1) is 23.3 Å². The standard InChI is InChI=1S/C16H20Br2O4/c1-5-9(3)21-15(19)11-7-12(17)14(13(18)8-11)16(20)22-10(4)6-2/h7-10H,5-6H2,1-4H3. The smallest absolute Gasteiger partial charge is 0.340 e. The second-order valence-electron chi connectivity index (χ2n) is 5.06. The van der Waals surface area contributed by atoms with E-state index in [1.807, 2.05) is 27.7 Å². The normalized spacial score (nSPS) is 13.4. The van der Waals surface area contributed by atoms with Gasteiger partial charge >= 0.3 is 11.9 Å². The Morgan fingerprint density at radius 2 is 1.36 bits per heavy atom. The molecule has 22 heavy (non-hydrogen) atoms. The molecule has 2 unspecified atom stereocenters. The van der Waals surface area contributed by atoms with Gasteiger partial charge in [-0.3, -0.25) is 0 Å². The molecule has 1 aromatic rings. The Kier molecular flexibility index (Phi) is 7.56. The minimum Gasteiger partial charge on any atom is -0.459 e. The summed E-state index contributed by atoms with van der Waals surface area (Å²) >= 11 is 6.65. The van der Waals surface area contributed by atoms with Crippen molar-refractivity contribution in [3.05, 3.63) is 32.2 Å². The summed E-state index contributed by atoms with van der Waals surface area (Å²) in [7, 11) is 0. The van der Waals surface area contributed by atoms with Crippen LogP contribution in [0, 0.1) is 0 Å². The number of carbonyl (C=O) groups is 2. The molecule has 0 saturated heterocycles. The fourth-order valence-corrected chi connectivity index (χ4v) is 3.06. The van der Waals surface area contributed by atoms with Gasteiger partial charge in [-0.2, -0.15) is 0 Å². The average molecular weight is 436 g/mol. The van der Waals surface area contributed by atoms with Crippen LogP contribution < -0.4 is 0 Å². The number of halogens is 2. The summed E-state index contributed by atoms with van der Waals surface area (Å²) in [6.45, 7) is 7.55. The third-order valence-electron chi connectivity index (χ3n) is 3.25. The van der Waals surface area contributed by atoms with Crippen molar-refractivity contribution < 1.29 is 19.1 Å². The number of rotatable bonds is 6. The molecule has 0 aliphatic carbocycles. The zero-order valence-corrected chi connectivity index (χ0v) is 16.3. The van der Waals surface area contributed by atoms with Gasteiger partial charge in [0.2, 0.25) is 0 Å². The Balaban J connectivity index is 3.02. The molecule has 2 atom stereocenters. The van der Waals surface area contributed by atoms with Crippen molar-refractivity contribution in [3.63, 3.8) is 0 Å². The maximum atomic E-state index is 12.2. The van der Waals surface area contributed by atoms with Crippen LogP contribution in [0.5, 0.6) is 0 Å². The van der Waals surface area contributed by atoms with E-state index in [-0.39, 0.29) is 12.2 Å². The highest BCUT2D eigenvalue weighted by Crippen LogP contribution is 2.29. The molecule has 0 radical (unpaired) electrons. The second-order valence-corrected chi connectivity index (χ2v) is 6.77. The predicted molar refractivity (Wildman–Crippen MR) is 92.2 cm³/mol. The number of carbonyl (C=O) groups excluding carboxylic acids is 2. The Labute approximate surface area is 147 Å². The highest BCUT2D eigenvalue weighted by molar-refractivity contribution is 9.11. The van der Waals surface area contributed by atoms with Gasteiger partial charge in [-0.15, -0.1) is 0 Å². The van der Waals surface area contributed by atoms with E-state index in [2.05, 4.69) is 31.9 Å². The molecule has 6 heteroatoms. The first-order chi connectivity index (χ1) is 10.3. The van der Waals surface area contributed by atoms with E-state index in [9.17, 15) is 9.59 Å². The number of esters is 2. The van der Waals surface area contributed by atoms with E-state index >= 15 is 0 Å². The zero-order valence-electron chi connectivity index (χ0n) is 13.1. The Morgan fingerprint density at radius 3 is 1.77 bits per heavy atom. The third kappa shape index (κ3) is 5.09. The quantitative estimate of drug-likeness (QED) is 0.581. The van der Waals surface area contributed by atoms with Crippen LogP contribution in [0.15, 0.2) is 21.1 Å². The van der Waals surface area contributed by atoms with Gasteiger partial charge in [-0.25, -0.2) is 9.59 Å². The van der Waals surface area contributed by atoms with Crippen molar-refractivity contribution in [2.24, 2.45) is 0 Å². The molecule has 0 fully saturated rings. The molecule has 122 valence electrons. The van der Waals surface area contributed by atoms with Gasteiger partial charge < -0.3 is 9.47 Å². The number of benzene rings is 1. The monoisotopic (exact) mass is 434 g/mol. The van der Waals surface area contributed by atoms with E-state index in [4.69, 9.17) is 9.47 Å². The molecule has 0 aromatic heterocycles. The van der Waals surface area contributed by atoms with Crippen LogP contribution in [0.25, 0.3) is 0 Å². The topological polar surface area (TPSA) is 52.6 Å². The van der Waals surface area contributed by atoms with Gasteiger partial charge in [0.25, 0.3) is 0 Å². The SMILES string of the molecule is CCC(C)OC(=O)c1cc(Br)c(C(=O)OC(C)CC)c(Br)c1. The Hall–Kier alpha value is -0.880. The Bertz CT molecular complexity index is 534. The van der Waals surface area contributed by atoms with Crippen LogP contribution in [-0.4, -0.2) is 24.1 Å². The summed E-state index contributed by atoms with van der Waals surface area (Å²) in [6, 6.07) is 3.14. The highest BCUT2D eigenvalue weighted by Gasteiger charge is 2.21. The van der Waals surface area contributed by atoms with Gasteiger partial charge in [0.1, 0.15) is 0 Å². The molecule has 0 spiro atoms. The molecule has 0 amide bonds. The number of hydrogen-bond acceptors (Lipinski definition) is 4. The highest BCUT2D eigenvalue weighted by atomic mass is 79.9. The van der Waals surface area contributed by atoms with Crippen LogP contribution in [0.3, 0.4) is 0 Å². The summed E-state index contributed by atoms with van der Waals surface area (Å²) in [6.07, 6.45) is 1.16. The van der Waals surface area contributed by atoms with Crippen LogP contribution in [0.2, 0.25) is 0 Å². The maximum Gasteiger partial charge on any atom is 0.340 e. The van der Waals surface area contributed by atoms with Gasteiger partial charge in [-0.1, -0.05) is 13.8 Å². The number of ether oxygens (including phenoxy) is 2. The molecule has 0 bridgehead atoms. The first-order valence-electron chi connectivity index (χ1n) is 7.21. The fraction of sp³-hybridized carbons (Fsp3) is 0.500. The van der Waals surface area contributed by atoms with Crippen molar-refractivity contribution in [2.75, 3.05) is 0 Å². The van der Waals surface area contributed by atoms with Crippen LogP contribution >= 0.6 is 31.9 Å². The molecule has 0 saturated carbocycles. The van der Waals surface area contributed by atoms with Crippen LogP contribution in [0.1, 0.15) is 61.3 Å². The molecule has 0 N–H and O–H groups in total. The first-order valence-corrected chi connectivity index (χ1v) is 8.79. The van der Waals surface area contributed by atoms with Crippen molar-refractivity contribution >= 4 is 43.8 Å². The van der Waals surface area contributed by atoms with E-state index < -0.39 is 11.9 Å². The fourth-order valence-electron chi connectivity index (χ4n) is 1.55. The summed E-state index contributed by atoms with van der Waals surface area (Å²) in [5, 5.41) is 0. The summed E-state index contributed by atoms with van der Waals surface area (Å²) < 4.78 is 11.6. The minimum atomic E-state index is -0.435. The third-order valence-corrected chi connectivity index (χ3v) is 4.50. The molecule has 0 aliphatic rings. The lowest BCUT2D eigenvalue weighted by atomic mass is 10.1. The molecule has 0 heterocycles. The predicted octanol–water partition coefficient (Wildman–Crippen LogP) is 5.12. The lowest BCUT2D eigenvalue weighted by molar-refractivity contribution is 0.0317. The average Bonchev–Trinajstić information content (AvgIpc) is 2.45. The zero-order chi connectivity index (χ0) is 16.9. The Morgan fingerprint density at radius 1 is 0.955 bits per heavy atom. The number of hydrogen-bond donors (Lipinski definition) is 0. The minimum absolute atomic E-state index is 0.153. The molecule has 4 nitrogen and oxygen atoms in total. The van der Waals surface area contributed by atoms with Crippen molar-refractivity contribution in [2.45, 2.75) is 52.7 Å². The van der Waals surface area contributed by atoms with E-state index in [1.54, 1.807) is 12.1 Å². The van der Waals surface area contributed by atoms with E-state index in [0.717, 1.165) is 12.8 Å². The molecular formula is C16H20Br2O4. The van der Waals surface area contributed by atoms with Gasteiger partial charge in [0, 0.05) is 8.95 Å². The summed E-state index contributed by atoms with van der Waals surface area (Å²) in [5.41, 5.74) is 0.736.